The molecule has 8 heteroatoms. The molecule has 0 saturated carbocycles. The number of rotatable bonds is 6. The summed E-state index contributed by atoms with van der Waals surface area (Å²) >= 11 is 0. The molecule has 0 aliphatic carbocycles. The van der Waals surface area contributed by atoms with Crippen LogP contribution < -0.4 is 10.1 Å². The lowest BCUT2D eigenvalue weighted by Gasteiger charge is -2.28. The van der Waals surface area contributed by atoms with Crippen molar-refractivity contribution in [2.24, 2.45) is 5.92 Å². The van der Waals surface area contributed by atoms with E-state index in [0.29, 0.717) is 12.5 Å². The third-order valence-corrected chi connectivity index (χ3v) is 3.85. The van der Waals surface area contributed by atoms with Crippen molar-refractivity contribution in [1.82, 2.24) is 14.9 Å². The van der Waals surface area contributed by atoms with Crippen molar-refractivity contribution in [3.8, 4) is 5.88 Å². The van der Waals surface area contributed by atoms with Crippen LogP contribution in [-0.2, 0) is 0 Å². The van der Waals surface area contributed by atoms with Crippen LogP contribution in [0.3, 0.4) is 0 Å². The maximum absolute atomic E-state index is 11.1. The van der Waals surface area contributed by atoms with E-state index in [2.05, 4.69) is 27.2 Å². The summed E-state index contributed by atoms with van der Waals surface area (Å²) in [4.78, 5) is 20.6. The molecule has 116 valence electrons. The molecule has 0 bridgehead atoms. The molecule has 1 aliphatic heterocycles. The standard InChI is InChI=1S/C13H21N5O3/c1-17-7-4-10(5-8-17)3-6-14-12-11(18(19)20)13(21-2)16-9-15-12/h9-10H,3-8H2,1-2H3,(H,14,15,16). The van der Waals surface area contributed by atoms with Crippen molar-refractivity contribution in [3.63, 3.8) is 0 Å². The van der Waals surface area contributed by atoms with E-state index in [1.807, 2.05) is 0 Å². The second-order valence-electron chi connectivity index (χ2n) is 5.30. The van der Waals surface area contributed by atoms with Gasteiger partial charge in [-0.25, -0.2) is 4.98 Å². The first-order valence-electron chi connectivity index (χ1n) is 7.07. The summed E-state index contributed by atoms with van der Waals surface area (Å²) in [6, 6.07) is 0. The van der Waals surface area contributed by atoms with Crippen molar-refractivity contribution in [2.75, 3.05) is 39.1 Å². The highest BCUT2D eigenvalue weighted by atomic mass is 16.6. The summed E-state index contributed by atoms with van der Waals surface area (Å²) in [6.45, 7) is 2.90. The molecule has 0 radical (unpaired) electrons. The van der Waals surface area contributed by atoms with Gasteiger partial charge in [-0.2, -0.15) is 4.98 Å². The molecule has 1 aliphatic rings. The van der Waals surface area contributed by atoms with Gasteiger partial charge in [-0.3, -0.25) is 10.1 Å². The summed E-state index contributed by atoms with van der Waals surface area (Å²) in [6.07, 6.45) is 4.60. The number of nitrogens with zero attached hydrogens (tertiary/aromatic N) is 4. The second kappa shape index (κ2) is 7.16. The number of hydrogen-bond donors (Lipinski definition) is 1. The van der Waals surface area contributed by atoms with E-state index < -0.39 is 4.92 Å². The van der Waals surface area contributed by atoms with Gasteiger partial charge in [0.2, 0.25) is 5.82 Å². The van der Waals surface area contributed by atoms with Crippen LogP contribution in [0.15, 0.2) is 6.33 Å². The molecule has 21 heavy (non-hydrogen) atoms. The lowest BCUT2D eigenvalue weighted by atomic mass is 9.94. The number of nitrogens with one attached hydrogen (secondary N) is 1. The van der Waals surface area contributed by atoms with Gasteiger partial charge in [0.1, 0.15) is 6.33 Å². The number of nitro groups is 1. The minimum absolute atomic E-state index is 0.0169. The summed E-state index contributed by atoms with van der Waals surface area (Å²) in [5.41, 5.74) is -0.205. The van der Waals surface area contributed by atoms with Crippen molar-refractivity contribution >= 4 is 11.5 Å². The highest BCUT2D eigenvalue weighted by molar-refractivity contribution is 5.60. The molecular formula is C13H21N5O3. The van der Waals surface area contributed by atoms with Crippen LogP contribution in [0.5, 0.6) is 5.88 Å². The molecule has 1 aromatic heterocycles. The number of piperidine rings is 1. The third kappa shape index (κ3) is 4.01. The molecule has 0 spiro atoms. The summed E-state index contributed by atoms with van der Waals surface area (Å²) in [5.74, 6) is 0.869. The van der Waals surface area contributed by atoms with E-state index in [9.17, 15) is 10.1 Å². The minimum atomic E-state index is -0.517. The first-order valence-corrected chi connectivity index (χ1v) is 7.07. The molecule has 1 saturated heterocycles. The zero-order valence-electron chi connectivity index (χ0n) is 12.4. The van der Waals surface area contributed by atoms with E-state index in [1.54, 1.807) is 0 Å². The van der Waals surface area contributed by atoms with Crippen LogP contribution in [-0.4, -0.2) is 53.6 Å². The molecule has 8 nitrogen and oxygen atoms in total. The first kappa shape index (κ1) is 15.4. The number of methoxy groups -OCH3 is 1. The Hall–Kier alpha value is -1.96. The quantitative estimate of drug-likeness (QED) is 0.628. The Labute approximate surface area is 123 Å². The Morgan fingerprint density at radius 1 is 1.48 bits per heavy atom. The molecule has 1 fully saturated rings. The fourth-order valence-corrected chi connectivity index (χ4v) is 2.55. The van der Waals surface area contributed by atoms with Gasteiger partial charge < -0.3 is 15.0 Å². The Kier molecular flexibility index (Phi) is 5.26. The van der Waals surface area contributed by atoms with Gasteiger partial charge >= 0.3 is 5.69 Å². The zero-order chi connectivity index (χ0) is 15.2. The highest BCUT2D eigenvalue weighted by Crippen LogP contribution is 2.30. The van der Waals surface area contributed by atoms with Crippen LogP contribution in [0.1, 0.15) is 19.3 Å². The van der Waals surface area contributed by atoms with Crippen LogP contribution in [0.25, 0.3) is 0 Å². The Morgan fingerprint density at radius 3 is 2.81 bits per heavy atom. The molecule has 2 heterocycles. The van der Waals surface area contributed by atoms with Gasteiger partial charge in [-0.05, 0) is 45.3 Å². The molecule has 1 N–H and O–H groups in total. The predicted octanol–water partition coefficient (Wildman–Crippen LogP) is 1.54. The molecular weight excluding hydrogens is 274 g/mol. The number of ether oxygens (including phenoxy) is 1. The fraction of sp³-hybridized carbons (Fsp3) is 0.692. The Balaban J connectivity index is 1.92. The maximum Gasteiger partial charge on any atom is 0.372 e. The van der Waals surface area contributed by atoms with Crippen molar-refractivity contribution in [3.05, 3.63) is 16.4 Å². The van der Waals surface area contributed by atoms with E-state index in [-0.39, 0.29) is 17.4 Å². The van der Waals surface area contributed by atoms with Crippen molar-refractivity contribution in [1.29, 1.82) is 0 Å². The summed E-state index contributed by atoms with van der Waals surface area (Å²) < 4.78 is 4.92. The average molecular weight is 295 g/mol. The minimum Gasteiger partial charge on any atom is -0.476 e. The van der Waals surface area contributed by atoms with Crippen molar-refractivity contribution in [2.45, 2.75) is 19.3 Å². The topological polar surface area (TPSA) is 93.4 Å². The van der Waals surface area contributed by atoms with E-state index in [0.717, 1.165) is 19.5 Å². The third-order valence-electron chi connectivity index (χ3n) is 3.85. The fourth-order valence-electron chi connectivity index (χ4n) is 2.55. The number of anilines is 1. The number of aromatic nitrogens is 2. The largest absolute Gasteiger partial charge is 0.476 e. The van der Waals surface area contributed by atoms with Crippen LogP contribution in [0.2, 0.25) is 0 Å². The van der Waals surface area contributed by atoms with Gasteiger partial charge in [0.15, 0.2) is 0 Å². The number of hydrogen-bond acceptors (Lipinski definition) is 7. The molecule has 2 rings (SSSR count). The molecule has 0 unspecified atom stereocenters. The van der Waals surface area contributed by atoms with Gasteiger partial charge in [-0.15, -0.1) is 0 Å². The average Bonchev–Trinajstić information content (AvgIpc) is 2.48. The predicted molar refractivity (Wildman–Crippen MR) is 78.6 cm³/mol. The van der Waals surface area contributed by atoms with Gasteiger partial charge in [0.05, 0.1) is 12.0 Å². The Morgan fingerprint density at radius 2 is 2.19 bits per heavy atom. The highest BCUT2D eigenvalue weighted by Gasteiger charge is 2.24. The molecule has 0 aromatic carbocycles. The molecule has 0 atom stereocenters. The van der Waals surface area contributed by atoms with Crippen LogP contribution >= 0.6 is 0 Å². The van der Waals surface area contributed by atoms with E-state index in [1.165, 1.54) is 26.3 Å². The number of likely N-dealkylation sites (tertiary alicyclic amines) is 1. The first-order chi connectivity index (χ1) is 10.1. The van der Waals surface area contributed by atoms with Gasteiger partial charge in [0, 0.05) is 6.54 Å². The zero-order valence-corrected chi connectivity index (χ0v) is 12.4. The lowest BCUT2D eigenvalue weighted by Crippen LogP contribution is -2.30. The van der Waals surface area contributed by atoms with Crippen molar-refractivity contribution < 1.29 is 9.66 Å². The summed E-state index contributed by atoms with van der Waals surface area (Å²) in [5, 5.41) is 14.1. The summed E-state index contributed by atoms with van der Waals surface area (Å²) in [7, 11) is 3.49. The SMILES string of the molecule is COc1ncnc(NCCC2CCN(C)CC2)c1[N+](=O)[O-]. The van der Waals surface area contributed by atoms with Gasteiger partial charge in [-0.1, -0.05) is 0 Å². The van der Waals surface area contributed by atoms with Crippen LogP contribution in [0, 0.1) is 16.0 Å². The normalized spacial score (nSPS) is 16.7. The van der Waals surface area contributed by atoms with Gasteiger partial charge in [0.25, 0.3) is 5.88 Å². The monoisotopic (exact) mass is 295 g/mol. The molecule has 1 aromatic rings. The second-order valence-corrected chi connectivity index (χ2v) is 5.30. The Bertz CT molecular complexity index is 489. The smallest absolute Gasteiger partial charge is 0.372 e. The maximum atomic E-state index is 11.1. The van der Waals surface area contributed by atoms with E-state index >= 15 is 0 Å². The van der Waals surface area contributed by atoms with E-state index in [4.69, 9.17) is 4.74 Å². The molecule has 0 amide bonds. The lowest BCUT2D eigenvalue weighted by molar-refractivity contribution is -0.385. The van der Waals surface area contributed by atoms with Crippen LogP contribution in [0.4, 0.5) is 11.5 Å².